The quantitative estimate of drug-likeness (QED) is 0.663. The van der Waals surface area contributed by atoms with Gasteiger partial charge in [-0.1, -0.05) is 44.3 Å². The largest absolute Gasteiger partial charge is 0.338 e. The van der Waals surface area contributed by atoms with Gasteiger partial charge < -0.3 is 9.47 Å². The van der Waals surface area contributed by atoms with Gasteiger partial charge in [-0.15, -0.1) is 0 Å². The minimum absolute atomic E-state index is 0.109. The molecule has 0 bridgehead atoms. The van der Waals surface area contributed by atoms with E-state index in [1.54, 1.807) is 0 Å². The summed E-state index contributed by atoms with van der Waals surface area (Å²) >= 11 is 0. The lowest BCUT2D eigenvalue weighted by Gasteiger charge is -2.36. The van der Waals surface area contributed by atoms with Crippen LogP contribution in [0.1, 0.15) is 48.3 Å². The fourth-order valence-electron chi connectivity index (χ4n) is 4.58. The summed E-state index contributed by atoms with van der Waals surface area (Å²) in [7, 11) is -1.37. The van der Waals surface area contributed by atoms with Gasteiger partial charge in [-0.25, -0.2) is 0 Å². The average Bonchev–Trinajstić information content (AvgIpc) is 2.84. The van der Waals surface area contributed by atoms with E-state index in [1.807, 2.05) is 6.08 Å². The first-order valence-corrected chi connectivity index (χ1v) is 13.4. The summed E-state index contributed by atoms with van der Waals surface area (Å²) in [5.41, 5.74) is 5.39. The predicted octanol–water partition coefficient (Wildman–Crippen LogP) is 5.41. The first kappa shape index (κ1) is 19.5. The van der Waals surface area contributed by atoms with E-state index in [1.165, 1.54) is 16.7 Å². The van der Waals surface area contributed by atoms with E-state index in [4.69, 9.17) is 9.47 Å². The molecule has 0 N–H and O–H groups in total. The molecule has 3 rings (SSSR count). The summed E-state index contributed by atoms with van der Waals surface area (Å²) in [5.74, 6) is 0.179. The zero-order valence-corrected chi connectivity index (χ0v) is 18.2. The van der Waals surface area contributed by atoms with Gasteiger partial charge in [-0.2, -0.15) is 0 Å². The number of benzene rings is 1. The molecule has 0 saturated carbocycles. The van der Waals surface area contributed by atoms with Gasteiger partial charge >= 0.3 is 0 Å². The van der Waals surface area contributed by atoms with E-state index >= 15 is 0 Å². The first-order valence-electron chi connectivity index (χ1n) is 9.69. The Morgan fingerprint density at radius 3 is 2.31 bits per heavy atom. The van der Waals surface area contributed by atoms with E-state index in [0.29, 0.717) is 6.42 Å². The van der Waals surface area contributed by atoms with Gasteiger partial charge in [-0.05, 0) is 56.0 Å². The standard InChI is InChI=1S/C22H32O3Si/c1-8-22-12-18(23)11-17(13-26(5,6)7)20(22)24-21(25-22)19-15(3)9-14(2)10-16(19)4/h9-11,20-21H,8,12-13H2,1-7H3/t20-,21?,22+/m1/s1. The van der Waals surface area contributed by atoms with Crippen LogP contribution in [-0.4, -0.2) is 25.6 Å². The maximum Gasteiger partial charge on any atom is 0.186 e. The predicted molar refractivity (Wildman–Crippen MR) is 108 cm³/mol. The number of rotatable bonds is 4. The average molecular weight is 373 g/mol. The van der Waals surface area contributed by atoms with E-state index in [9.17, 15) is 4.79 Å². The van der Waals surface area contributed by atoms with Crippen molar-refractivity contribution >= 4 is 13.9 Å². The molecule has 142 valence electrons. The Morgan fingerprint density at radius 1 is 1.15 bits per heavy atom. The van der Waals surface area contributed by atoms with Gasteiger partial charge in [0.05, 0.1) is 0 Å². The monoisotopic (exact) mass is 372 g/mol. The summed E-state index contributed by atoms with van der Waals surface area (Å²) in [6.45, 7) is 15.5. The fraction of sp³-hybridized carbons (Fsp3) is 0.591. The van der Waals surface area contributed by atoms with E-state index < -0.39 is 20.0 Å². The molecule has 1 saturated heterocycles. The topological polar surface area (TPSA) is 35.5 Å². The number of carbonyl (C=O) groups excluding carboxylic acids is 1. The molecule has 1 aliphatic heterocycles. The van der Waals surface area contributed by atoms with Crippen LogP contribution in [0.25, 0.3) is 0 Å². The highest BCUT2D eigenvalue weighted by Gasteiger charge is 2.54. The Hall–Kier alpha value is -1.23. The highest BCUT2D eigenvalue weighted by molar-refractivity contribution is 6.76. The van der Waals surface area contributed by atoms with Crippen LogP contribution in [0.15, 0.2) is 23.8 Å². The summed E-state index contributed by atoms with van der Waals surface area (Å²) in [6.07, 6.45) is 2.55. The molecule has 1 heterocycles. The maximum atomic E-state index is 12.5. The number of aryl methyl sites for hydroxylation is 3. The molecule has 0 aromatic heterocycles. The van der Waals surface area contributed by atoms with Crippen LogP contribution in [0, 0.1) is 20.8 Å². The van der Waals surface area contributed by atoms with Gasteiger partial charge in [-0.3, -0.25) is 4.79 Å². The molecular formula is C22H32O3Si. The van der Waals surface area contributed by atoms with Crippen LogP contribution >= 0.6 is 0 Å². The number of ketones is 1. The van der Waals surface area contributed by atoms with Crippen molar-refractivity contribution in [2.24, 2.45) is 0 Å². The molecule has 1 aromatic carbocycles. The lowest BCUT2D eigenvalue weighted by atomic mass is 9.80. The van der Waals surface area contributed by atoms with Crippen molar-refractivity contribution in [1.29, 1.82) is 0 Å². The molecule has 2 aliphatic rings. The third kappa shape index (κ3) is 3.60. The lowest BCUT2D eigenvalue weighted by Crippen LogP contribution is -2.46. The minimum Gasteiger partial charge on any atom is -0.338 e. The smallest absolute Gasteiger partial charge is 0.186 e. The van der Waals surface area contributed by atoms with Crippen LogP contribution in [0.5, 0.6) is 0 Å². The van der Waals surface area contributed by atoms with Crippen LogP contribution in [0.3, 0.4) is 0 Å². The summed E-state index contributed by atoms with van der Waals surface area (Å²) in [4.78, 5) is 12.5. The summed E-state index contributed by atoms with van der Waals surface area (Å²) in [5, 5.41) is 0. The molecule has 1 unspecified atom stereocenters. The lowest BCUT2D eigenvalue weighted by molar-refractivity contribution is -0.126. The van der Waals surface area contributed by atoms with Crippen molar-refractivity contribution in [3.05, 3.63) is 46.0 Å². The Bertz CT molecular complexity index is 736. The van der Waals surface area contributed by atoms with Gasteiger partial charge in [0.25, 0.3) is 0 Å². The minimum atomic E-state index is -1.37. The van der Waals surface area contributed by atoms with Crippen molar-refractivity contribution in [3.8, 4) is 0 Å². The molecular weight excluding hydrogens is 340 g/mol. The van der Waals surface area contributed by atoms with Crippen LogP contribution in [0.4, 0.5) is 0 Å². The Morgan fingerprint density at radius 2 is 1.77 bits per heavy atom. The normalized spacial score (nSPS) is 28.9. The molecule has 0 spiro atoms. The maximum absolute atomic E-state index is 12.5. The van der Waals surface area contributed by atoms with Crippen LogP contribution in [-0.2, 0) is 14.3 Å². The molecule has 1 aliphatic carbocycles. The highest BCUT2D eigenvalue weighted by atomic mass is 28.3. The molecule has 0 radical (unpaired) electrons. The number of fused-ring (bicyclic) bond motifs is 1. The van der Waals surface area contributed by atoms with Gasteiger partial charge in [0.2, 0.25) is 0 Å². The number of hydrogen-bond acceptors (Lipinski definition) is 3. The number of hydrogen-bond donors (Lipinski definition) is 0. The van der Waals surface area contributed by atoms with Crippen LogP contribution in [0.2, 0.25) is 25.7 Å². The SMILES string of the molecule is CC[C@]12CC(=O)C=C(C[Si](C)(C)C)[C@H]1OC(c1c(C)cc(C)cc1C)O2. The van der Waals surface area contributed by atoms with E-state index in [-0.39, 0.29) is 11.9 Å². The van der Waals surface area contributed by atoms with Crippen molar-refractivity contribution in [1.82, 2.24) is 0 Å². The van der Waals surface area contributed by atoms with Gasteiger partial charge in [0.15, 0.2) is 12.1 Å². The van der Waals surface area contributed by atoms with Gasteiger partial charge in [0.1, 0.15) is 11.7 Å². The highest BCUT2D eigenvalue weighted by Crippen LogP contribution is 2.49. The molecule has 0 amide bonds. The Labute approximate surface area is 158 Å². The van der Waals surface area contributed by atoms with E-state index in [0.717, 1.165) is 23.6 Å². The van der Waals surface area contributed by atoms with Gasteiger partial charge in [0, 0.05) is 20.1 Å². The van der Waals surface area contributed by atoms with Crippen molar-refractivity contribution in [3.63, 3.8) is 0 Å². The van der Waals surface area contributed by atoms with Crippen LogP contribution < -0.4 is 0 Å². The van der Waals surface area contributed by atoms with E-state index in [2.05, 4.69) is 59.5 Å². The number of ether oxygens (including phenoxy) is 2. The molecule has 1 aromatic rings. The van der Waals surface area contributed by atoms with Crippen molar-refractivity contribution in [2.45, 2.75) is 84.2 Å². The number of allylic oxidation sites excluding steroid dienone is 1. The fourth-order valence-corrected chi connectivity index (χ4v) is 6.09. The molecule has 26 heavy (non-hydrogen) atoms. The summed E-state index contributed by atoms with van der Waals surface area (Å²) < 4.78 is 13.1. The molecule has 1 fully saturated rings. The second kappa shape index (κ2) is 6.74. The first-order chi connectivity index (χ1) is 12.0. The number of carbonyl (C=O) groups is 1. The Kier molecular flexibility index (Phi) is 5.06. The van der Waals surface area contributed by atoms with Crippen molar-refractivity contribution < 1.29 is 14.3 Å². The second-order valence-corrected chi connectivity index (χ2v) is 14.8. The third-order valence-corrected chi connectivity index (χ3v) is 7.01. The zero-order chi connectivity index (χ0) is 19.3. The Balaban J connectivity index is 2.00. The third-order valence-electron chi connectivity index (χ3n) is 5.54. The second-order valence-electron chi connectivity index (χ2n) is 9.30. The molecule has 4 heteroatoms. The van der Waals surface area contributed by atoms with Crippen molar-refractivity contribution in [2.75, 3.05) is 0 Å². The molecule has 3 atom stereocenters. The zero-order valence-electron chi connectivity index (χ0n) is 17.2. The summed E-state index contributed by atoms with van der Waals surface area (Å²) in [6, 6.07) is 5.34. The molecule has 3 nitrogen and oxygen atoms in total.